The van der Waals surface area contributed by atoms with Crippen LogP contribution in [-0.2, 0) is 4.74 Å². The van der Waals surface area contributed by atoms with Gasteiger partial charge in [0.05, 0.1) is 6.61 Å². The Labute approximate surface area is 81.8 Å². The van der Waals surface area contributed by atoms with Crippen molar-refractivity contribution in [3.8, 4) is 5.75 Å². The first-order valence-corrected chi connectivity index (χ1v) is 4.23. The molecule has 0 fully saturated rings. The summed E-state index contributed by atoms with van der Waals surface area (Å²) in [6, 6.07) is 4.82. The highest BCUT2D eigenvalue weighted by Crippen LogP contribution is 2.21. The number of hydrogen-bond acceptors (Lipinski definition) is 4. The monoisotopic (exact) mass is 196 g/mol. The molecule has 0 saturated heterocycles. The normalized spacial score (nSPS) is 9.86. The van der Waals surface area contributed by atoms with Crippen molar-refractivity contribution in [2.75, 3.05) is 13.2 Å². The van der Waals surface area contributed by atoms with Crippen LogP contribution in [0.15, 0.2) is 18.2 Å². The first kappa shape index (κ1) is 10.5. The molecule has 2 N–H and O–H groups in total. The van der Waals surface area contributed by atoms with E-state index in [9.17, 15) is 9.90 Å². The van der Waals surface area contributed by atoms with Crippen LogP contribution in [-0.4, -0.2) is 29.4 Å². The summed E-state index contributed by atoms with van der Waals surface area (Å²) in [7, 11) is 0. The first-order chi connectivity index (χ1) is 6.66. The van der Waals surface area contributed by atoms with E-state index in [0.29, 0.717) is 5.56 Å². The minimum atomic E-state index is -0.625. The number of aliphatic hydroxyl groups excluding tert-OH is 1. The Kier molecular flexibility index (Phi) is 3.48. The molecular weight excluding hydrogens is 184 g/mol. The van der Waals surface area contributed by atoms with Crippen molar-refractivity contribution in [1.29, 1.82) is 0 Å². The smallest absolute Gasteiger partial charge is 0.342 e. The maximum absolute atomic E-state index is 11.3. The molecule has 0 aromatic heterocycles. The topological polar surface area (TPSA) is 66.8 Å². The number of phenols is 1. The number of aliphatic hydroxyl groups is 1. The van der Waals surface area contributed by atoms with E-state index in [1.165, 1.54) is 6.07 Å². The third kappa shape index (κ3) is 2.23. The third-order valence-corrected chi connectivity index (χ3v) is 1.78. The predicted octanol–water partition coefficient (Wildman–Crippen LogP) is 0.850. The molecule has 0 unspecified atom stereocenters. The van der Waals surface area contributed by atoms with Crippen molar-refractivity contribution in [2.24, 2.45) is 0 Å². The lowest BCUT2D eigenvalue weighted by atomic mass is 10.1. The van der Waals surface area contributed by atoms with Gasteiger partial charge in [0.1, 0.15) is 17.9 Å². The Balaban J connectivity index is 2.84. The lowest BCUT2D eigenvalue weighted by molar-refractivity contribution is 0.0430. The Morgan fingerprint density at radius 1 is 1.50 bits per heavy atom. The zero-order valence-electron chi connectivity index (χ0n) is 7.86. The largest absolute Gasteiger partial charge is 0.507 e. The fraction of sp³-hybridized carbons (Fsp3) is 0.300. The average molecular weight is 196 g/mol. The zero-order chi connectivity index (χ0) is 10.6. The second kappa shape index (κ2) is 4.62. The summed E-state index contributed by atoms with van der Waals surface area (Å²) in [6.45, 7) is 1.41. The molecule has 0 radical (unpaired) electrons. The highest BCUT2D eigenvalue weighted by Gasteiger charge is 2.12. The lowest BCUT2D eigenvalue weighted by Crippen LogP contribution is -2.09. The zero-order valence-corrected chi connectivity index (χ0v) is 7.86. The maximum Gasteiger partial charge on any atom is 0.342 e. The number of hydrogen-bond donors (Lipinski definition) is 2. The summed E-state index contributed by atoms with van der Waals surface area (Å²) >= 11 is 0. The average Bonchev–Trinajstić information content (AvgIpc) is 2.18. The number of carbonyl (C=O) groups excluding carboxylic acids is 1. The van der Waals surface area contributed by atoms with Gasteiger partial charge >= 0.3 is 5.97 Å². The molecular formula is C10H12O4. The number of phenolic OH excluding ortho intramolecular Hbond substituents is 1. The molecule has 76 valence electrons. The fourth-order valence-corrected chi connectivity index (χ4v) is 1.04. The quantitative estimate of drug-likeness (QED) is 0.703. The van der Waals surface area contributed by atoms with Gasteiger partial charge in [-0.15, -0.1) is 0 Å². The Hall–Kier alpha value is -1.55. The van der Waals surface area contributed by atoms with Crippen molar-refractivity contribution in [3.05, 3.63) is 29.3 Å². The van der Waals surface area contributed by atoms with Crippen LogP contribution in [0.2, 0.25) is 0 Å². The number of aromatic hydroxyl groups is 1. The van der Waals surface area contributed by atoms with Crippen molar-refractivity contribution in [3.63, 3.8) is 0 Å². The van der Waals surface area contributed by atoms with Crippen LogP contribution in [0.1, 0.15) is 15.9 Å². The number of aryl methyl sites for hydroxylation is 1. The van der Waals surface area contributed by atoms with Gasteiger partial charge in [0.25, 0.3) is 0 Å². The van der Waals surface area contributed by atoms with E-state index in [1.54, 1.807) is 19.1 Å². The summed E-state index contributed by atoms with van der Waals surface area (Å²) in [5, 5.41) is 18.0. The van der Waals surface area contributed by atoms with Crippen LogP contribution in [0, 0.1) is 6.92 Å². The summed E-state index contributed by atoms with van der Waals surface area (Å²) in [5.41, 5.74) is 0.738. The third-order valence-electron chi connectivity index (χ3n) is 1.78. The van der Waals surface area contributed by atoms with Crippen LogP contribution in [0.5, 0.6) is 5.75 Å². The molecule has 4 heteroatoms. The van der Waals surface area contributed by atoms with Gasteiger partial charge < -0.3 is 14.9 Å². The van der Waals surface area contributed by atoms with E-state index in [1.807, 2.05) is 0 Å². The van der Waals surface area contributed by atoms with Crippen molar-refractivity contribution < 1.29 is 19.7 Å². The molecule has 0 heterocycles. The van der Waals surface area contributed by atoms with Gasteiger partial charge in [-0.3, -0.25) is 0 Å². The van der Waals surface area contributed by atoms with Crippen molar-refractivity contribution in [2.45, 2.75) is 6.92 Å². The number of rotatable bonds is 3. The number of benzene rings is 1. The Bertz CT molecular complexity index is 333. The molecule has 14 heavy (non-hydrogen) atoms. The molecule has 1 aromatic rings. The summed E-state index contributed by atoms with van der Waals surface area (Å²) in [4.78, 5) is 11.3. The SMILES string of the molecule is Cc1cccc(C(=O)OCCO)c1O. The minimum Gasteiger partial charge on any atom is -0.507 e. The molecule has 4 nitrogen and oxygen atoms in total. The van der Waals surface area contributed by atoms with E-state index >= 15 is 0 Å². The number of para-hydroxylation sites is 1. The van der Waals surface area contributed by atoms with Crippen LogP contribution in [0.3, 0.4) is 0 Å². The second-order valence-electron chi connectivity index (χ2n) is 2.83. The number of carbonyl (C=O) groups is 1. The van der Waals surface area contributed by atoms with Crippen molar-refractivity contribution >= 4 is 5.97 Å². The lowest BCUT2D eigenvalue weighted by Gasteiger charge is -2.06. The molecule has 1 rings (SSSR count). The Morgan fingerprint density at radius 3 is 2.86 bits per heavy atom. The van der Waals surface area contributed by atoms with Gasteiger partial charge in [-0.05, 0) is 18.6 Å². The van der Waals surface area contributed by atoms with E-state index < -0.39 is 5.97 Å². The van der Waals surface area contributed by atoms with Crippen LogP contribution < -0.4 is 0 Å². The molecule has 0 atom stereocenters. The molecule has 0 aliphatic rings. The first-order valence-electron chi connectivity index (χ1n) is 4.23. The summed E-state index contributed by atoms with van der Waals surface area (Å²) in [5.74, 6) is -0.698. The molecule has 0 saturated carbocycles. The summed E-state index contributed by atoms with van der Waals surface area (Å²) < 4.78 is 4.66. The Morgan fingerprint density at radius 2 is 2.21 bits per heavy atom. The van der Waals surface area contributed by atoms with Gasteiger partial charge in [0.15, 0.2) is 0 Å². The van der Waals surface area contributed by atoms with E-state index in [0.717, 1.165) is 0 Å². The van der Waals surface area contributed by atoms with Crippen LogP contribution in [0.4, 0.5) is 0 Å². The molecule has 0 aliphatic carbocycles. The van der Waals surface area contributed by atoms with Gasteiger partial charge in [-0.2, -0.15) is 0 Å². The van der Waals surface area contributed by atoms with Crippen LogP contribution in [0.25, 0.3) is 0 Å². The van der Waals surface area contributed by atoms with E-state index in [4.69, 9.17) is 5.11 Å². The fourth-order valence-electron chi connectivity index (χ4n) is 1.04. The standard InChI is InChI=1S/C10H12O4/c1-7-3-2-4-8(9(7)12)10(13)14-6-5-11/h2-4,11-12H,5-6H2,1H3. The van der Waals surface area contributed by atoms with Crippen molar-refractivity contribution in [1.82, 2.24) is 0 Å². The van der Waals surface area contributed by atoms with Crippen LogP contribution >= 0.6 is 0 Å². The second-order valence-corrected chi connectivity index (χ2v) is 2.83. The van der Waals surface area contributed by atoms with E-state index in [2.05, 4.69) is 4.74 Å². The molecule has 0 aliphatic heterocycles. The highest BCUT2D eigenvalue weighted by atomic mass is 16.5. The maximum atomic E-state index is 11.3. The number of esters is 1. The predicted molar refractivity (Wildman–Crippen MR) is 50.2 cm³/mol. The molecule has 1 aromatic carbocycles. The number of ether oxygens (including phenoxy) is 1. The highest BCUT2D eigenvalue weighted by molar-refractivity contribution is 5.92. The van der Waals surface area contributed by atoms with Gasteiger partial charge in [-0.25, -0.2) is 4.79 Å². The molecule has 0 amide bonds. The van der Waals surface area contributed by atoms with E-state index in [-0.39, 0.29) is 24.5 Å². The molecule has 0 bridgehead atoms. The van der Waals surface area contributed by atoms with Gasteiger partial charge in [0.2, 0.25) is 0 Å². The van der Waals surface area contributed by atoms with Gasteiger partial charge in [0, 0.05) is 0 Å². The summed E-state index contributed by atoms with van der Waals surface area (Å²) in [6.07, 6.45) is 0. The van der Waals surface area contributed by atoms with Gasteiger partial charge in [-0.1, -0.05) is 12.1 Å². The molecule has 0 spiro atoms. The minimum absolute atomic E-state index is 0.0633.